The number of nitrogens with one attached hydrogen (secondary N) is 1. The van der Waals surface area contributed by atoms with Crippen LogP contribution in [0.1, 0.15) is 51.3 Å². The van der Waals surface area contributed by atoms with Crippen LogP contribution in [0.2, 0.25) is 0 Å². The molecule has 5 heteroatoms. The molecule has 0 aliphatic heterocycles. The second kappa shape index (κ2) is 6.72. The Bertz CT molecular complexity index is 503. The highest BCUT2D eigenvalue weighted by Crippen LogP contribution is 2.23. The van der Waals surface area contributed by atoms with Crippen LogP contribution in [0, 0.1) is 0 Å². The lowest BCUT2D eigenvalue weighted by Gasteiger charge is -2.21. The van der Waals surface area contributed by atoms with Crippen molar-refractivity contribution < 1.29 is 9.59 Å². The lowest BCUT2D eigenvalue weighted by Crippen LogP contribution is -2.43. The summed E-state index contributed by atoms with van der Waals surface area (Å²) in [4.78, 5) is 22.6. The van der Waals surface area contributed by atoms with E-state index in [2.05, 4.69) is 38.2 Å². The molecule has 0 radical (unpaired) electrons. The number of carbonyl (C=O) groups is 2. The summed E-state index contributed by atoms with van der Waals surface area (Å²) in [5.74, 6) is -0.957. The smallest absolute Gasteiger partial charge is 0.237 e. The molecule has 2 atom stereocenters. The molecule has 0 heterocycles. The topological polar surface area (TPSA) is 98.2 Å². The Morgan fingerprint density at radius 3 is 2.14 bits per heavy atom. The van der Waals surface area contributed by atoms with Crippen LogP contribution in [-0.2, 0) is 15.0 Å². The molecule has 0 spiro atoms. The van der Waals surface area contributed by atoms with Crippen LogP contribution < -0.4 is 16.8 Å². The first-order chi connectivity index (χ1) is 9.61. The third kappa shape index (κ3) is 5.19. The van der Waals surface area contributed by atoms with Gasteiger partial charge in [-0.25, -0.2) is 0 Å². The maximum atomic E-state index is 11.8. The van der Waals surface area contributed by atoms with E-state index in [-0.39, 0.29) is 23.8 Å². The quantitative estimate of drug-likeness (QED) is 0.764. The molecule has 0 saturated heterocycles. The number of carbonyl (C=O) groups excluding carboxylic acids is 2. The maximum Gasteiger partial charge on any atom is 0.237 e. The first kappa shape index (κ1) is 17.2. The Labute approximate surface area is 126 Å². The van der Waals surface area contributed by atoms with Gasteiger partial charge in [-0.3, -0.25) is 9.59 Å². The van der Waals surface area contributed by atoms with E-state index in [4.69, 9.17) is 11.5 Å². The zero-order valence-corrected chi connectivity index (χ0v) is 13.1. The van der Waals surface area contributed by atoms with Crippen molar-refractivity contribution in [2.75, 3.05) is 0 Å². The summed E-state index contributed by atoms with van der Waals surface area (Å²) < 4.78 is 0. The Kier molecular flexibility index (Phi) is 5.49. The first-order valence-electron chi connectivity index (χ1n) is 7.06. The molecule has 0 aliphatic rings. The summed E-state index contributed by atoms with van der Waals surface area (Å²) in [6, 6.07) is 7.02. The van der Waals surface area contributed by atoms with E-state index in [1.807, 2.05) is 19.1 Å². The zero-order chi connectivity index (χ0) is 16.2. The standard InChI is InChI=1S/C16H25N3O2/c1-10(19-15(21)13(17)9-14(18)20)11-5-7-12(8-6-11)16(2,3)4/h5-8,10,13H,9,17H2,1-4H3,(H2,18,20)(H,19,21). The van der Waals surface area contributed by atoms with Crippen molar-refractivity contribution in [3.05, 3.63) is 35.4 Å². The van der Waals surface area contributed by atoms with Crippen LogP contribution in [0.3, 0.4) is 0 Å². The fraction of sp³-hybridized carbons (Fsp3) is 0.500. The lowest BCUT2D eigenvalue weighted by molar-refractivity contribution is -0.126. The number of primary amides is 1. The Morgan fingerprint density at radius 2 is 1.71 bits per heavy atom. The maximum absolute atomic E-state index is 11.8. The number of nitrogens with two attached hydrogens (primary N) is 2. The molecule has 0 aromatic heterocycles. The first-order valence-corrected chi connectivity index (χ1v) is 7.06. The van der Waals surface area contributed by atoms with Gasteiger partial charge in [0, 0.05) is 0 Å². The van der Waals surface area contributed by atoms with E-state index in [0.29, 0.717) is 0 Å². The molecule has 0 fully saturated rings. The number of rotatable bonds is 5. The molecule has 0 saturated carbocycles. The molecular weight excluding hydrogens is 266 g/mol. The van der Waals surface area contributed by atoms with Gasteiger partial charge in [0.15, 0.2) is 0 Å². The Morgan fingerprint density at radius 1 is 1.19 bits per heavy atom. The molecule has 1 aromatic rings. The van der Waals surface area contributed by atoms with E-state index >= 15 is 0 Å². The molecule has 2 unspecified atom stereocenters. The molecule has 0 bridgehead atoms. The summed E-state index contributed by atoms with van der Waals surface area (Å²) in [5.41, 5.74) is 13.0. The van der Waals surface area contributed by atoms with Crippen molar-refractivity contribution in [2.45, 2.75) is 51.6 Å². The monoisotopic (exact) mass is 291 g/mol. The van der Waals surface area contributed by atoms with Gasteiger partial charge in [0.25, 0.3) is 0 Å². The normalized spacial score (nSPS) is 14.3. The number of hydrogen-bond donors (Lipinski definition) is 3. The highest BCUT2D eigenvalue weighted by molar-refractivity contribution is 5.87. The van der Waals surface area contributed by atoms with E-state index in [0.717, 1.165) is 5.56 Å². The third-order valence-corrected chi connectivity index (χ3v) is 3.39. The number of amides is 2. The minimum Gasteiger partial charge on any atom is -0.370 e. The molecule has 116 valence electrons. The van der Waals surface area contributed by atoms with Crippen LogP contribution in [0.4, 0.5) is 0 Å². The van der Waals surface area contributed by atoms with Crippen molar-refractivity contribution in [1.29, 1.82) is 0 Å². The van der Waals surface area contributed by atoms with Crippen molar-refractivity contribution in [2.24, 2.45) is 11.5 Å². The Balaban J connectivity index is 2.69. The Hall–Kier alpha value is -1.88. The minimum atomic E-state index is -0.904. The van der Waals surface area contributed by atoms with Gasteiger partial charge in [-0.05, 0) is 23.5 Å². The summed E-state index contributed by atoms with van der Waals surface area (Å²) in [6.07, 6.45) is -0.151. The summed E-state index contributed by atoms with van der Waals surface area (Å²) in [5, 5.41) is 2.79. The van der Waals surface area contributed by atoms with Crippen LogP contribution in [0.15, 0.2) is 24.3 Å². The van der Waals surface area contributed by atoms with Gasteiger partial charge in [0.2, 0.25) is 11.8 Å². The largest absolute Gasteiger partial charge is 0.370 e. The van der Waals surface area contributed by atoms with Gasteiger partial charge in [-0.1, -0.05) is 45.0 Å². The van der Waals surface area contributed by atoms with Crippen molar-refractivity contribution >= 4 is 11.8 Å². The van der Waals surface area contributed by atoms with Gasteiger partial charge < -0.3 is 16.8 Å². The van der Waals surface area contributed by atoms with Crippen molar-refractivity contribution in [1.82, 2.24) is 5.32 Å². The lowest BCUT2D eigenvalue weighted by atomic mass is 9.86. The molecule has 21 heavy (non-hydrogen) atoms. The van der Waals surface area contributed by atoms with Gasteiger partial charge >= 0.3 is 0 Å². The average molecular weight is 291 g/mol. The third-order valence-electron chi connectivity index (χ3n) is 3.39. The number of benzene rings is 1. The zero-order valence-electron chi connectivity index (χ0n) is 13.1. The molecule has 1 aromatic carbocycles. The van der Waals surface area contributed by atoms with Crippen molar-refractivity contribution in [3.8, 4) is 0 Å². The molecule has 0 aliphatic carbocycles. The van der Waals surface area contributed by atoms with E-state index < -0.39 is 11.9 Å². The molecule has 1 rings (SSSR count). The fourth-order valence-electron chi connectivity index (χ4n) is 1.98. The second-order valence-electron chi connectivity index (χ2n) is 6.38. The minimum absolute atomic E-state index is 0.0921. The van der Waals surface area contributed by atoms with E-state index in [1.54, 1.807) is 0 Å². The van der Waals surface area contributed by atoms with Crippen LogP contribution in [0.5, 0.6) is 0 Å². The SMILES string of the molecule is CC(NC(=O)C(N)CC(N)=O)c1ccc(C(C)(C)C)cc1. The summed E-state index contributed by atoms with van der Waals surface area (Å²) >= 11 is 0. The van der Waals surface area contributed by atoms with Crippen LogP contribution in [0.25, 0.3) is 0 Å². The van der Waals surface area contributed by atoms with Gasteiger partial charge in [-0.15, -0.1) is 0 Å². The molecular formula is C16H25N3O2. The average Bonchev–Trinajstić information content (AvgIpc) is 2.36. The predicted molar refractivity (Wildman–Crippen MR) is 83.5 cm³/mol. The highest BCUT2D eigenvalue weighted by Gasteiger charge is 2.19. The van der Waals surface area contributed by atoms with Gasteiger partial charge in [-0.2, -0.15) is 0 Å². The summed E-state index contributed by atoms with van der Waals surface area (Å²) in [7, 11) is 0. The number of hydrogen-bond acceptors (Lipinski definition) is 3. The van der Waals surface area contributed by atoms with E-state index in [9.17, 15) is 9.59 Å². The van der Waals surface area contributed by atoms with Crippen LogP contribution in [-0.4, -0.2) is 17.9 Å². The second-order valence-corrected chi connectivity index (χ2v) is 6.38. The van der Waals surface area contributed by atoms with Crippen LogP contribution >= 0.6 is 0 Å². The summed E-state index contributed by atoms with van der Waals surface area (Å²) in [6.45, 7) is 8.32. The predicted octanol–water partition coefficient (Wildman–Crippen LogP) is 1.36. The van der Waals surface area contributed by atoms with E-state index in [1.165, 1.54) is 5.56 Å². The molecule has 2 amide bonds. The highest BCUT2D eigenvalue weighted by atomic mass is 16.2. The van der Waals surface area contributed by atoms with Gasteiger partial charge in [0.1, 0.15) is 0 Å². The molecule has 5 nitrogen and oxygen atoms in total. The van der Waals surface area contributed by atoms with Gasteiger partial charge in [0.05, 0.1) is 18.5 Å². The fourth-order valence-corrected chi connectivity index (χ4v) is 1.98. The van der Waals surface area contributed by atoms with Crippen molar-refractivity contribution in [3.63, 3.8) is 0 Å². The molecule has 5 N–H and O–H groups in total.